The summed E-state index contributed by atoms with van der Waals surface area (Å²) in [5, 5.41) is 13.7. The fraction of sp³-hybridized carbons (Fsp3) is 0.273. The lowest BCUT2D eigenvalue weighted by Crippen LogP contribution is -2.38. The third-order valence-corrected chi connectivity index (χ3v) is 5.01. The summed E-state index contributed by atoms with van der Waals surface area (Å²) in [6.07, 6.45) is 1.55. The summed E-state index contributed by atoms with van der Waals surface area (Å²) in [6.45, 7) is 5.72. The molecule has 0 unspecified atom stereocenters. The number of nitrogens with zero attached hydrogens (tertiary/aromatic N) is 3. The predicted octanol–water partition coefficient (Wildman–Crippen LogP) is 4.23. The van der Waals surface area contributed by atoms with Gasteiger partial charge < -0.3 is 5.11 Å². The molecule has 0 saturated carbocycles. The Kier molecular flexibility index (Phi) is 6.04. The minimum atomic E-state index is -0.954. The average molecular weight is 363 g/mol. The van der Waals surface area contributed by atoms with E-state index in [1.807, 2.05) is 43.3 Å². The van der Waals surface area contributed by atoms with Crippen molar-refractivity contribution in [3.8, 4) is 0 Å². The molecule has 5 nitrogen and oxygen atoms in total. The van der Waals surface area contributed by atoms with Crippen molar-refractivity contribution in [2.75, 3.05) is 0 Å². The smallest absolute Gasteiger partial charge is 0.354 e. The van der Waals surface area contributed by atoms with E-state index in [2.05, 4.69) is 41.2 Å². The van der Waals surface area contributed by atoms with Crippen LogP contribution in [0.25, 0.3) is 0 Å². The van der Waals surface area contributed by atoms with Crippen molar-refractivity contribution < 1.29 is 9.90 Å². The van der Waals surface area contributed by atoms with Crippen LogP contribution in [0.3, 0.4) is 0 Å². The summed E-state index contributed by atoms with van der Waals surface area (Å²) in [7, 11) is 0. The molecule has 0 amide bonds. The largest absolute Gasteiger partial charge is 0.477 e. The maximum Gasteiger partial charge on any atom is 0.354 e. The number of aromatic carboxylic acids is 1. The third kappa shape index (κ3) is 4.63. The second-order valence-corrected chi connectivity index (χ2v) is 6.82. The van der Waals surface area contributed by atoms with E-state index >= 15 is 0 Å². The fourth-order valence-corrected chi connectivity index (χ4v) is 3.30. The van der Waals surface area contributed by atoms with Gasteiger partial charge in [0.25, 0.3) is 0 Å². The molecule has 0 spiro atoms. The quantitative estimate of drug-likeness (QED) is 0.650. The molecule has 5 heteroatoms. The zero-order valence-corrected chi connectivity index (χ0v) is 15.7. The molecule has 0 fully saturated rings. The van der Waals surface area contributed by atoms with Gasteiger partial charge in [-0.3, -0.25) is 9.58 Å². The monoisotopic (exact) mass is 363 g/mol. The van der Waals surface area contributed by atoms with Crippen LogP contribution in [0.1, 0.15) is 41.5 Å². The third-order valence-electron chi connectivity index (χ3n) is 5.01. The summed E-state index contributed by atoms with van der Waals surface area (Å²) in [5.74, 6) is -0.954. The summed E-state index contributed by atoms with van der Waals surface area (Å²) in [4.78, 5) is 13.9. The number of benzene rings is 2. The van der Waals surface area contributed by atoms with E-state index in [-0.39, 0.29) is 17.8 Å². The summed E-state index contributed by atoms with van der Waals surface area (Å²) >= 11 is 0. The Morgan fingerprint density at radius 2 is 1.48 bits per heavy atom. The molecule has 1 aromatic heterocycles. The lowest BCUT2D eigenvalue weighted by Gasteiger charge is -2.34. The Morgan fingerprint density at radius 1 is 0.963 bits per heavy atom. The van der Waals surface area contributed by atoms with Crippen molar-refractivity contribution in [2.24, 2.45) is 0 Å². The first-order chi connectivity index (χ1) is 13.1. The second-order valence-electron chi connectivity index (χ2n) is 6.82. The maximum atomic E-state index is 11.5. The van der Waals surface area contributed by atoms with Crippen LogP contribution in [0.4, 0.5) is 0 Å². The normalized spacial score (nSPS) is 13.4. The molecule has 3 rings (SSSR count). The molecule has 0 aliphatic heterocycles. The Bertz CT molecular complexity index is 820. The van der Waals surface area contributed by atoms with E-state index in [0.717, 1.165) is 13.1 Å². The van der Waals surface area contributed by atoms with Gasteiger partial charge in [-0.25, -0.2) is 4.79 Å². The molecule has 0 radical (unpaired) electrons. The first kappa shape index (κ1) is 18.9. The molecular formula is C22H25N3O2. The van der Waals surface area contributed by atoms with Gasteiger partial charge in [0.1, 0.15) is 5.69 Å². The number of aromatic nitrogens is 2. The first-order valence-electron chi connectivity index (χ1n) is 9.15. The fourth-order valence-electron chi connectivity index (χ4n) is 3.30. The Balaban J connectivity index is 1.86. The SMILES string of the molecule is C[C@H]([C@H](C)N(Cc1ccccc1)Cc1ccccc1)n1nccc1C(=O)O. The predicted molar refractivity (Wildman–Crippen MR) is 105 cm³/mol. The van der Waals surface area contributed by atoms with Crippen LogP contribution in [0, 0.1) is 0 Å². The molecule has 1 heterocycles. The molecule has 2 aromatic carbocycles. The molecule has 0 aliphatic rings. The van der Waals surface area contributed by atoms with Gasteiger partial charge in [-0.15, -0.1) is 0 Å². The van der Waals surface area contributed by atoms with Gasteiger partial charge in [0.15, 0.2) is 0 Å². The van der Waals surface area contributed by atoms with Crippen LogP contribution < -0.4 is 0 Å². The lowest BCUT2D eigenvalue weighted by atomic mass is 10.1. The number of rotatable bonds is 8. The Labute approximate surface area is 159 Å². The van der Waals surface area contributed by atoms with Gasteiger partial charge in [0, 0.05) is 25.3 Å². The molecule has 1 N–H and O–H groups in total. The highest BCUT2D eigenvalue weighted by atomic mass is 16.4. The minimum absolute atomic E-state index is 0.0847. The minimum Gasteiger partial charge on any atom is -0.477 e. The van der Waals surface area contributed by atoms with E-state index in [1.165, 1.54) is 11.1 Å². The maximum absolute atomic E-state index is 11.5. The van der Waals surface area contributed by atoms with Gasteiger partial charge in [0.05, 0.1) is 6.04 Å². The van der Waals surface area contributed by atoms with Crippen LogP contribution in [-0.2, 0) is 13.1 Å². The highest BCUT2D eigenvalue weighted by Crippen LogP contribution is 2.22. The Morgan fingerprint density at radius 3 is 1.96 bits per heavy atom. The standard InChI is InChI=1S/C22H25N3O2/c1-17(18(2)25-21(22(26)27)13-14-23-25)24(15-19-9-5-3-6-10-19)16-20-11-7-4-8-12-20/h3-14,17-18H,15-16H2,1-2H3,(H,26,27)/t17-,18+/m0/s1. The van der Waals surface area contributed by atoms with Crippen LogP contribution in [0.5, 0.6) is 0 Å². The molecule has 0 saturated heterocycles. The van der Waals surface area contributed by atoms with Gasteiger partial charge in [-0.2, -0.15) is 5.10 Å². The topological polar surface area (TPSA) is 58.4 Å². The van der Waals surface area contributed by atoms with Crippen molar-refractivity contribution in [3.63, 3.8) is 0 Å². The number of carboxylic acids is 1. The number of carboxylic acid groups (broad SMARTS) is 1. The highest BCUT2D eigenvalue weighted by Gasteiger charge is 2.25. The van der Waals surface area contributed by atoms with E-state index in [1.54, 1.807) is 16.9 Å². The number of hydrogen-bond acceptors (Lipinski definition) is 3. The molecule has 3 aromatic rings. The van der Waals surface area contributed by atoms with Crippen molar-refractivity contribution in [3.05, 3.63) is 89.7 Å². The number of hydrogen-bond donors (Lipinski definition) is 1. The van der Waals surface area contributed by atoms with E-state index in [9.17, 15) is 9.90 Å². The zero-order chi connectivity index (χ0) is 19.2. The molecule has 0 bridgehead atoms. The molecular weight excluding hydrogens is 338 g/mol. The molecule has 2 atom stereocenters. The van der Waals surface area contributed by atoms with Crippen molar-refractivity contribution in [2.45, 2.75) is 39.0 Å². The summed E-state index contributed by atoms with van der Waals surface area (Å²) < 4.78 is 1.61. The summed E-state index contributed by atoms with van der Waals surface area (Å²) in [6, 6.07) is 22.2. The second kappa shape index (κ2) is 8.64. The number of carbonyl (C=O) groups is 1. The van der Waals surface area contributed by atoms with Crippen LogP contribution in [0.15, 0.2) is 72.9 Å². The molecule has 0 aliphatic carbocycles. The summed E-state index contributed by atoms with van der Waals surface area (Å²) in [5.41, 5.74) is 2.67. The van der Waals surface area contributed by atoms with Gasteiger partial charge >= 0.3 is 5.97 Å². The van der Waals surface area contributed by atoms with Gasteiger partial charge in [-0.1, -0.05) is 60.7 Å². The van der Waals surface area contributed by atoms with E-state index in [4.69, 9.17) is 0 Å². The highest BCUT2D eigenvalue weighted by molar-refractivity contribution is 5.85. The molecule has 27 heavy (non-hydrogen) atoms. The van der Waals surface area contributed by atoms with Crippen molar-refractivity contribution >= 4 is 5.97 Å². The van der Waals surface area contributed by atoms with E-state index in [0.29, 0.717) is 0 Å². The van der Waals surface area contributed by atoms with Gasteiger partial charge in [-0.05, 0) is 31.0 Å². The van der Waals surface area contributed by atoms with Crippen molar-refractivity contribution in [1.82, 2.24) is 14.7 Å². The van der Waals surface area contributed by atoms with Gasteiger partial charge in [0.2, 0.25) is 0 Å². The lowest BCUT2D eigenvalue weighted by molar-refractivity contribution is 0.0671. The van der Waals surface area contributed by atoms with Crippen LogP contribution in [-0.4, -0.2) is 31.8 Å². The molecule has 140 valence electrons. The van der Waals surface area contributed by atoms with Crippen molar-refractivity contribution in [1.29, 1.82) is 0 Å². The Hall–Kier alpha value is -2.92. The van der Waals surface area contributed by atoms with Crippen LogP contribution >= 0.6 is 0 Å². The van der Waals surface area contributed by atoms with Crippen LogP contribution in [0.2, 0.25) is 0 Å². The zero-order valence-electron chi connectivity index (χ0n) is 15.7. The average Bonchev–Trinajstić information content (AvgIpc) is 3.18. The first-order valence-corrected chi connectivity index (χ1v) is 9.15. The van der Waals surface area contributed by atoms with E-state index < -0.39 is 5.97 Å².